The van der Waals surface area contributed by atoms with Gasteiger partial charge in [0.15, 0.2) is 0 Å². The van der Waals surface area contributed by atoms with Crippen molar-refractivity contribution in [3.8, 4) is 0 Å². The Balaban J connectivity index is 2.33. The highest BCUT2D eigenvalue weighted by atomic mass is 16.6. The summed E-state index contributed by atoms with van der Waals surface area (Å²) in [5.74, 6) is 0. The minimum atomic E-state index is -0.359. The van der Waals surface area contributed by atoms with Crippen LogP contribution in [-0.4, -0.2) is 30.0 Å². The third kappa shape index (κ3) is 2.44. The molecule has 0 unspecified atom stereocenters. The van der Waals surface area contributed by atoms with E-state index in [1.807, 2.05) is 31.3 Å². The zero-order valence-corrected chi connectivity index (χ0v) is 12.2. The van der Waals surface area contributed by atoms with E-state index < -0.39 is 0 Å². The highest BCUT2D eigenvalue weighted by Crippen LogP contribution is 2.36. The second-order valence-electron chi connectivity index (χ2n) is 4.96. The Kier molecular flexibility index (Phi) is 3.84. The van der Waals surface area contributed by atoms with Gasteiger partial charge in [-0.05, 0) is 19.2 Å². The number of anilines is 1. The van der Waals surface area contributed by atoms with Gasteiger partial charge in [0, 0.05) is 24.5 Å². The van der Waals surface area contributed by atoms with Gasteiger partial charge in [0.2, 0.25) is 0 Å². The lowest BCUT2D eigenvalue weighted by atomic mass is 10.1. The zero-order valence-electron chi connectivity index (χ0n) is 12.2. The van der Waals surface area contributed by atoms with Crippen LogP contribution in [0.5, 0.6) is 0 Å². The maximum Gasteiger partial charge on any atom is 0.280 e. The zero-order chi connectivity index (χ0) is 15.5. The minimum absolute atomic E-state index is 0.0720. The van der Waals surface area contributed by atoms with Gasteiger partial charge < -0.3 is 10.6 Å². The number of hydrogen-bond acceptors (Lipinski definition) is 5. The van der Waals surface area contributed by atoms with Crippen LogP contribution in [0, 0.1) is 10.1 Å². The first-order valence-electron chi connectivity index (χ1n) is 7.06. The molecule has 1 heterocycles. The third-order valence-corrected chi connectivity index (χ3v) is 3.56. The van der Waals surface area contributed by atoms with E-state index in [0.29, 0.717) is 17.4 Å². The van der Waals surface area contributed by atoms with Crippen molar-refractivity contribution in [2.75, 3.05) is 25.5 Å². The largest absolute Gasteiger partial charge is 0.382 e. The van der Waals surface area contributed by atoms with Gasteiger partial charge in [0.25, 0.3) is 5.69 Å². The first-order chi connectivity index (χ1) is 10.7. The summed E-state index contributed by atoms with van der Waals surface area (Å²) in [6, 6.07) is 12.7. The second kappa shape index (κ2) is 5.95. The van der Waals surface area contributed by atoms with Crippen molar-refractivity contribution in [1.29, 1.82) is 0 Å². The second-order valence-corrected chi connectivity index (χ2v) is 4.96. The van der Waals surface area contributed by atoms with Crippen molar-refractivity contribution >= 4 is 33.2 Å². The van der Waals surface area contributed by atoms with E-state index in [-0.39, 0.29) is 10.6 Å². The molecule has 0 fully saturated rings. The molecule has 1 aromatic heterocycles. The van der Waals surface area contributed by atoms with Gasteiger partial charge in [-0.2, -0.15) is 0 Å². The Morgan fingerprint density at radius 2 is 1.86 bits per heavy atom. The van der Waals surface area contributed by atoms with E-state index >= 15 is 0 Å². The predicted octanol–water partition coefficient (Wildman–Crippen LogP) is 2.93. The molecule has 0 saturated carbocycles. The van der Waals surface area contributed by atoms with E-state index in [9.17, 15) is 10.1 Å². The third-order valence-electron chi connectivity index (χ3n) is 3.56. The molecule has 0 aliphatic rings. The molecule has 0 spiro atoms. The number of nitrogens with zero attached hydrogens (tertiary/aromatic N) is 2. The Hall–Kier alpha value is -2.73. The van der Waals surface area contributed by atoms with Crippen LogP contribution >= 0.6 is 0 Å². The number of nitrogens with one attached hydrogen (secondary N) is 2. The topological polar surface area (TPSA) is 80.1 Å². The first kappa shape index (κ1) is 14.2. The van der Waals surface area contributed by atoms with Crippen LogP contribution < -0.4 is 10.6 Å². The number of aromatic nitrogens is 1. The number of nitro benzene ring substituents is 1. The molecule has 0 radical (unpaired) electrons. The Bertz CT molecular complexity index is 848. The summed E-state index contributed by atoms with van der Waals surface area (Å²) >= 11 is 0. The van der Waals surface area contributed by atoms with Crippen molar-refractivity contribution < 1.29 is 4.92 Å². The summed E-state index contributed by atoms with van der Waals surface area (Å²) in [5.41, 5.74) is 2.29. The van der Waals surface area contributed by atoms with Crippen LogP contribution in [0.3, 0.4) is 0 Å². The maximum atomic E-state index is 11.4. The van der Waals surface area contributed by atoms with E-state index in [0.717, 1.165) is 23.1 Å². The molecule has 3 rings (SSSR count). The van der Waals surface area contributed by atoms with Gasteiger partial charge in [-0.1, -0.05) is 24.3 Å². The molecule has 6 heteroatoms. The Morgan fingerprint density at radius 1 is 1.09 bits per heavy atom. The van der Waals surface area contributed by atoms with Gasteiger partial charge >= 0.3 is 0 Å². The number of rotatable bonds is 5. The summed E-state index contributed by atoms with van der Waals surface area (Å²) in [7, 11) is 1.87. The van der Waals surface area contributed by atoms with Crippen LogP contribution in [0.2, 0.25) is 0 Å². The average molecular weight is 296 g/mol. The molecule has 0 amide bonds. The predicted molar refractivity (Wildman–Crippen MR) is 88.3 cm³/mol. The number of pyridine rings is 1. The van der Waals surface area contributed by atoms with Crippen molar-refractivity contribution in [2.45, 2.75) is 0 Å². The first-order valence-corrected chi connectivity index (χ1v) is 7.06. The van der Waals surface area contributed by atoms with E-state index in [1.54, 1.807) is 12.1 Å². The SMILES string of the molecule is CNCCNc1c2ccccc2nc2cccc([N+](=O)[O-])c12. The fraction of sp³-hybridized carbons (Fsp3) is 0.188. The van der Waals surface area contributed by atoms with E-state index in [4.69, 9.17) is 0 Å². The smallest absolute Gasteiger partial charge is 0.280 e. The quantitative estimate of drug-likeness (QED) is 0.327. The molecule has 0 atom stereocenters. The van der Waals surface area contributed by atoms with E-state index in [1.165, 1.54) is 6.07 Å². The minimum Gasteiger partial charge on any atom is -0.382 e. The Labute approximate surface area is 127 Å². The van der Waals surface area contributed by atoms with Crippen LogP contribution in [0.15, 0.2) is 42.5 Å². The number of nitro groups is 1. The van der Waals surface area contributed by atoms with Gasteiger partial charge in [0.1, 0.15) is 5.39 Å². The monoisotopic (exact) mass is 296 g/mol. The van der Waals surface area contributed by atoms with Gasteiger partial charge in [0.05, 0.1) is 21.6 Å². The summed E-state index contributed by atoms with van der Waals surface area (Å²) in [5, 5.41) is 19.2. The van der Waals surface area contributed by atoms with Crippen LogP contribution in [0.25, 0.3) is 21.8 Å². The molecule has 2 aromatic carbocycles. The highest BCUT2D eigenvalue weighted by Gasteiger charge is 2.18. The number of benzene rings is 2. The van der Waals surface area contributed by atoms with E-state index in [2.05, 4.69) is 15.6 Å². The maximum absolute atomic E-state index is 11.4. The molecule has 22 heavy (non-hydrogen) atoms. The number of hydrogen-bond donors (Lipinski definition) is 2. The summed E-state index contributed by atoms with van der Waals surface area (Å²) in [6.07, 6.45) is 0. The number of non-ortho nitro benzene ring substituents is 1. The molecule has 0 aliphatic carbocycles. The molecule has 0 aliphatic heterocycles. The standard InChI is InChI=1S/C16H16N4O2/c1-17-9-10-18-16-11-5-2-3-6-12(11)19-13-7-4-8-14(15(13)16)20(21)22/h2-8,17H,9-10H2,1H3,(H,18,19). The van der Waals surface area contributed by atoms with Gasteiger partial charge in [-0.3, -0.25) is 10.1 Å². The van der Waals surface area contributed by atoms with Crippen molar-refractivity contribution in [3.05, 3.63) is 52.6 Å². The number of fused-ring (bicyclic) bond motifs is 2. The molecule has 3 aromatic rings. The normalized spacial score (nSPS) is 11.0. The number of para-hydroxylation sites is 1. The molecule has 0 bridgehead atoms. The summed E-state index contributed by atoms with van der Waals surface area (Å²) in [6.45, 7) is 1.43. The lowest BCUT2D eigenvalue weighted by Gasteiger charge is -2.13. The summed E-state index contributed by atoms with van der Waals surface area (Å²) < 4.78 is 0. The Morgan fingerprint density at radius 3 is 2.64 bits per heavy atom. The van der Waals surface area contributed by atoms with Gasteiger partial charge in [-0.25, -0.2) is 4.98 Å². The van der Waals surface area contributed by atoms with Crippen molar-refractivity contribution in [3.63, 3.8) is 0 Å². The lowest BCUT2D eigenvalue weighted by Crippen LogP contribution is -2.18. The molecular formula is C16H16N4O2. The molecular weight excluding hydrogens is 280 g/mol. The average Bonchev–Trinajstić information content (AvgIpc) is 2.53. The van der Waals surface area contributed by atoms with Crippen LogP contribution in [0.4, 0.5) is 11.4 Å². The summed E-state index contributed by atoms with van der Waals surface area (Å²) in [4.78, 5) is 15.6. The van der Waals surface area contributed by atoms with Crippen molar-refractivity contribution in [2.24, 2.45) is 0 Å². The fourth-order valence-electron chi connectivity index (χ4n) is 2.57. The van der Waals surface area contributed by atoms with Crippen LogP contribution in [0.1, 0.15) is 0 Å². The highest BCUT2D eigenvalue weighted by molar-refractivity contribution is 6.11. The fourth-order valence-corrected chi connectivity index (χ4v) is 2.57. The molecule has 0 saturated heterocycles. The van der Waals surface area contributed by atoms with Crippen molar-refractivity contribution in [1.82, 2.24) is 10.3 Å². The molecule has 2 N–H and O–H groups in total. The molecule has 6 nitrogen and oxygen atoms in total. The van der Waals surface area contributed by atoms with Gasteiger partial charge in [-0.15, -0.1) is 0 Å². The lowest BCUT2D eigenvalue weighted by molar-refractivity contribution is -0.383. The molecule has 112 valence electrons. The number of likely N-dealkylation sites (N-methyl/N-ethyl adjacent to an activating group) is 1. The van der Waals surface area contributed by atoms with Crippen LogP contribution in [-0.2, 0) is 0 Å².